The molecule has 3 heteroatoms. The largest absolute Gasteiger partial charge is 0.335 e. The second-order valence-corrected chi connectivity index (χ2v) is 5.92. The second-order valence-electron chi connectivity index (χ2n) is 4.83. The molecule has 0 aliphatic carbocycles. The quantitative estimate of drug-likeness (QED) is 0.913. The Labute approximate surface area is 124 Å². The van der Waals surface area contributed by atoms with Gasteiger partial charge < -0.3 is 5.32 Å². The first kappa shape index (κ1) is 13.3. The van der Waals surface area contributed by atoms with Gasteiger partial charge in [0.25, 0.3) is 0 Å². The Balaban J connectivity index is 1.79. The zero-order valence-electron chi connectivity index (χ0n) is 11.4. The molecule has 1 aliphatic heterocycles. The van der Waals surface area contributed by atoms with Gasteiger partial charge in [-0.25, -0.2) is 0 Å². The molecule has 2 aromatic carbocycles. The molecule has 0 saturated carbocycles. The van der Waals surface area contributed by atoms with Crippen molar-refractivity contribution in [3.63, 3.8) is 0 Å². The summed E-state index contributed by atoms with van der Waals surface area (Å²) in [7, 11) is 0. The Morgan fingerprint density at radius 2 is 1.80 bits per heavy atom. The van der Waals surface area contributed by atoms with Gasteiger partial charge in [0.15, 0.2) is 5.17 Å². The Bertz CT molecular complexity index is 593. The zero-order valence-corrected chi connectivity index (χ0v) is 12.2. The summed E-state index contributed by atoms with van der Waals surface area (Å²) < 4.78 is 0. The van der Waals surface area contributed by atoms with Crippen molar-refractivity contribution in [1.29, 1.82) is 0 Å². The smallest absolute Gasteiger partial charge is 0.161 e. The number of rotatable bonds is 3. The summed E-state index contributed by atoms with van der Waals surface area (Å²) in [6.45, 7) is 0.941. The number of hydrogen-bond donors (Lipinski definition) is 1. The molecule has 20 heavy (non-hydrogen) atoms. The number of nitrogens with one attached hydrogen (secondary N) is 1. The molecule has 0 atom stereocenters. The van der Waals surface area contributed by atoms with E-state index in [0.29, 0.717) is 0 Å². The molecule has 0 amide bonds. The van der Waals surface area contributed by atoms with E-state index in [1.54, 1.807) is 0 Å². The zero-order chi connectivity index (χ0) is 13.6. The summed E-state index contributed by atoms with van der Waals surface area (Å²) in [6.07, 6.45) is 2.13. The standard InChI is InChI=1S/C17H18N2S/c1-2-7-14(8-3-1)13-15-9-4-5-10-16(15)19-17-18-11-6-12-20-17/h1-5,7-10H,6,11-13H2,(H,18,19). The number of nitrogens with zero attached hydrogens (tertiary/aromatic N) is 1. The lowest BCUT2D eigenvalue weighted by Gasteiger charge is -2.16. The van der Waals surface area contributed by atoms with E-state index in [0.717, 1.165) is 23.9 Å². The van der Waals surface area contributed by atoms with Crippen LogP contribution in [0, 0.1) is 0 Å². The fraction of sp³-hybridized carbons (Fsp3) is 0.235. The average Bonchev–Trinajstić information content (AvgIpc) is 2.51. The summed E-state index contributed by atoms with van der Waals surface area (Å²) in [4.78, 5) is 4.54. The lowest BCUT2D eigenvalue weighted by molar-refractivity contribution is 0.938. The first-order valence-corrected chi connectivity index (χ1v) is 7.96. The maximum Gasteiger partial charge on any atom is 0.161 e. The van der Waals surface area contributed by atoms with Gasteiger partial charge in [-0.2, -0.15) is 0 Å². The highest BCUT2D eigenvalue weighted by Crippen LogP contribution is 2.22. The van der Waals surface area contributed by atoms with Crippen molar-refractivity contribution in [1.82, 2.24) is 0 Å². The van der Waals surface area contributed by atoms with E-state index >= 15 is 0 Å². The van der Waals surface area contributed by atoms with E-state index in [1.807, 2.05) is 11.8 Å². The van der Waals surface area contributed by atoms with Crippen LogP contribution in [0.25, 0.3) is 0 Å². The molecule has 0 unspecified atom stereocenters. The molecule has 0 bridgehead atoms. The van der Waals surface area contributed by atoms with Gasteiger partial charge in [-0.15, -0.1) is 0 Å². The monoisotopic (exact) mass is 282 g/mol. The SMILES string of the molecule is c1ccc(Cc2ccccc2NC2=NCCCS2)cc1. The molecular weight excluding hydrogens is 264 g/mol. The van der Waals surface area contributed by atoms with Gasteiger partial charge in [-0.05, 0) is 30.0 Å². The molecule has 2 aromatic rings. The molecule has 0 fully saturated rings. The highest BCUT2D eigenvalue weighted by atomic mass is 32.2. The highest BCUT2D eigenvalue weighted by Gasteiger charge is 2.08. The third-order valence-corrected chi connectivity index (χ3v) is 4.29. The fourth-order valence-corrected chi connectivity index (χ4v) is 3.09. The summed E-state index contributed by atoms with van der Waals surface area (Å²) in [5, 5.41) is 4.54. The molecule has 2 nitrogen and oxygen atoms in total. The number of aliphatic imine (C=N–C) groups is 1. The Hall–Kier alpha value is -1.74. The summed E-state index contributed by atoms with van der Waals surface area (Å²) >= 11 is 1.81. The molecule has 102 valence electrons. The van der Waals surface area contributed by atoms with Crippen molar-refractivity contribution in [3.05, 3.63) is 65.7 Å². The number of para-hydroxylation sites is 1. The molecule has 3 rings (SSSR count). The van der Waals surface area contributed by atoms with E-state index in [4.69, 9.17) is 0 Å². The van der Waals surface area contributed by atoms with E-state index in [1.165, 1.54) is 23.2 Å². The van der Waals surface area contributed by atoms with Gasteiger partial charge in [0.2, 0.25) is 0 Å². The maximum atomic E-state index is 4.54. The van der Waals surface area contributed by atoms with Crippen LogP contribution in [-0.4, -0.2) is 17.5 Å². The topological polar surface area (TPSA) is 24.4 Å². The van der Waals surface area contributed by atoms with Crippen LogP contribution in [-0.2, 0) is 6.42 Å². The molecule has 0 saturated heterocycles. The van der Waals surface area contributed by atoms with E-state index < -0.39 is 0 Å². The van der Waals surface area contributed by atoms with Gasteiger partial charge in [0.1, 0.15) is 0 Å². The summed E-state index contributed by atoms with van der Waals surface area (Å²) in [5.41, 5.74) is 3.82. The number of thioether (sulfide) groups is 1. The normalized spacial score (nSPS) is 14.7. The van der Waals surface area contributed by atoms with Gasteiger partial charge in [0, 0.05) is 18.0 Å². The number of hydrogen-bond acceptors (Lipinski definition) is 3. The molecule has 1 heterocycles. The van der Waals surface area contributed by atoms with Crippen LogP contribution in [0.5, 0.6) is 0 Å². The van der Waals surface area contributed by atoms with Crippen LogP contribution in [0.1, 0.15) is 17.5 Å². The molecule has 1 N–H and O–H groups in total. The highest BCUT2D eigenvalue weighted by molar-refractivity contribution is 8.14. The molecule has 0 aromatic heterocycles. The van der Waals surface area contributed by atoms with Crippen LogP contribution in [0.4, 0.5) is 5.69 Å². The average molecular weight is 282 g/mol. The van der Waals surface area contributed by atoms with Gasteiger partial charge in [-0.3, -0.25) is 4.99 Å². The summed E-state index contributed by atoms with van der Waals surface area (Å²) in [6, 6.07) is 19.1. The van der Waals surface area contributed by atoms with Gasteiger partial charge in [-0.1, -0.05) is 60.3 Å². The molecule has 0 radical (unpaired) electrons. The van der Waals surface area contributed by atoms with E-state index in [-0.39, 0.29) is 0 Å². The van der Waals surface area contributed by atoms with Crippen LogP contribution < -0.4 is 5.32 Å². The number of benzene rings is 2. The predicted molar refractivity (Wildman–Crippen MR) is 88.7 cm³/mol. The number of anilines is 1. The predicted octanol–water partition coefficient (Wildman–Crippen LogP) is 4.18. The second kappa shape index (κ2) is 6.62. The van der Waals surface area contributed by atoms with Crippen molar-refractivity contribution < 1.29 is 0 Å². The summed E-state index contributed by atoms with van der Waals surface area (Å²) in [5.74, 6) is 1.16. The van der Waals surface area contributed by atoms with Gasteiger partial charge >= 0.3 is 0 Å². The third-order valence-electron chi connectivity index (χ3n) is 3.29. The van der Waals surface area contributed by atoms with Crippen LogP contribution in [0.15, 0.2) is 59.6 Å². The third kappa shape index (κ3) is 3.42. The van der Waals surface area contributed by atoms with Gasteiger partial charge in [0.05, 0.1) is 0 Å². The Kier molecular flexibility index (Phi) is 4.38. The minimum absolute atomic E-state index is 0.941. The lowest BCUT2D eigenvalue weighted by Crippen LogP contribution is -2.14. The fourth-order valence-electron chi connectivity index (χ4n) is 2.26. The van der Waals surface area contributed by atoms with Crippen molar-refractivity contribution in [2.75, 3.05) is 17.6 Å². The van der Waals surface area contributed by atoms with Crippen molar-refractivity contribution in [2.24, 2.45) is 4.99 Å². The first-order chi connectivity index (χ1) is 9.92. The van der Waals surface area contributed by atoms with E-state index in [2.05, 4.69) is 64.9 Å². The number of amidine groups is 1. The van der Waals surface area contributed by atoms with Crippen LogP contribution in [0.2, 0.25) is 0 Å². The lowest BCUT2D eigenvalue weighted by atomic mass is 10.0. The van der Waals surface area contributed by atoms with E-state index in [9.17, 15) is 0 Å². The Morgan fingerprint density at radius 3 is 2.60 bits per heavy atom. The molecule has 1 aliphatic rings. The molecule has 0 spiro atoms. The minimum Gasteiger partial charge on any atom is -0.335 e. The van der Waals surface area contributed by atoms with Crippen molar-refractivity contribution in [2.45, 2.75) is 12.8 Å². The first-order valence-electron chi connectivity index (χ1n) is 6.98. The van der Waals surface area contributed by atoms with Crippen LogP contribution >= 0.6 is 11.8 Å². The maximum absolute atomic E-state index is 4.54. The molecular formula is C17H18N2S. The van der Waals surface area contributed by atoms with Crippen molar-refractivity contribution >= 4 is 22.6 Å². The van der Waals surface area contributed by atoms with Crippen molar-refractivity contribution in [3.8, 4) is 0 Å². The van der Waals surface area contributed by atoms with Crippen LogP contribution in [0.3, 0.4) is 0 Å². The Morgan fingerprint density at radius 1 is 1.00 bits per heavy atom. The minimum atomic E-state index is 0.941.